The number of sulfone groups is 1. The Morgan fingerprint density at radius 1 is 1.38 bits per heavy atom. The topological polar surface area (TPSA) is 73.3 Å². The summed E-state index contributed by atoms with van der Waals surface area (Å²) >= 11 is 1.19. The lowest BCUT2D eigenvalue weighted by molar-refractivity contribution is 0.477. The van der Waals surface area contributed by atoms with E-state index in [0.29, 0.717) is 9.97 Å². The molecule has 2 N–H and O–H groups in total. The number of thiophene rings is 1. The van der Waals surface area contributed by atoms with Crippen LogP contribution in [0.4, 0.5) is 0 Å². The van der Waals surface area contributed by atoms with Crippen molar-refractivity contribution in [2.45, 2.75) is 10.3 Å². The molecule has 1 unspecified atom stereocenters. The highest BCUT2D eigenvalue weighted by Gasteiger charge is 2.22. The van der Waals surface area contributed by atoms with Crippen molar-refractivity contribution in [1.29, 1.82) is 0 Å². The Hall–Kier alpha value is -1.11. The van der Waals surface area contributed by atoms with E-state index in [2.05, 4.69) is 0 Å². The third kappa shape index (κ3) is 2.34. The number of furan rings is 1. The zero-order valence-corrected chi connectivity index (χ0v) is 10.0. The smallest absolute Gasteiger partial charge is 0.189 e. The van der Waals surface area contributed by atoms with Crippen molar-refractivity contribution < 1.29 is 12.8 Å². The summed E-state index contributed by atoms with van der Waals surface area (Å²) < 4.78 is 29.2. The Bertz CT molecular complexity index is 529. The first kappa shape index (κ1) is 11.4. The maximum atomic E-state index is 11.9. The molecule has 0 aliphatic rings. The van der Waals surface area contributed by atoms with E-state index < -0.39 is 15.9 Å². The minimum absolute atomic E-state index is 0.138. The van der Waals surface area contributed by atoms with Crippen LogP contribution in [-0.4, -0.2) is 14.2 Å². The van der Waals surface area contributed by atoms with E-state index in [1.165, 1.54) is 17.6 Å². The average molecular weight is 257 g/mol. The van der Waals surface area contributed by atoms with Crippen LogP contribution in [-0.2, 0) is 9.84 Å². The van der Waals surface area contributed by atoms with Crippen LogP contribution in [0.5, 0.6) is 0 Å². The highest BCUT2D eigenvalue weighted by atomic mass is 32.2. The van der Waals surface area contributed by atoms with Crippen LogP contribution in [0.25, 0.3) is 0 Å². The largest absolute Gasteiger partial charge is 0.468 e. The van der Waals surface area contributed by atoms with Crippen LogP contribution >= 0.6 is 11.3 Å². The molecular formula is C10H11NO3S2. The van der Waals surface area contributed by atoms with Gasteiger partial charge in [-0.2, -0.15) is 0 Å². The highest BCUT2D eigenvalue weighted by molar-refractivity contribution is 7.93. The van der Waals surface area contributed by atoms with Gasteiger partial charge in [0.2, 0.25) is 0 Å². The fourth-order valence-corrected chi connectivity index (χ4v) is 3.84. The quantitative estimate of drug-likeness (QED) is 0.906. The molecule has 2 rings (SSSR count). The standard InChI is InChI=1S/C10H11NO3S2/c11-8(9-3-1-5-14-9)7-16(12,13)10-4-2-6-15-10/h1-6,8H,7,11H2. The van der Waals surface area contributed by atoms with E-state index in [0.717, 1.165) is 0 Å². The first-order valence-electron chi connectivity index (χ1n) is 4.65. The van der Waals surface area contributed by atoms with E-state index in [-0.39, 0.29) is 5.75 Å². The maximum Gasteiger partial charge on any atom is 0.189 e. The van der Waals surface area contributed by atoms with E-state index >= 15 is 0 Å². The van der Waals surface area contributed by atoms with Gasteiger partial charge < -0.3 is 10.2 Å². The molecule has 0 spiro atoms. The molecule has 2 aromatic rings. The predicted molar refractivity (Wildman–Crippen MR) is 62.0 cm³/mol. The molecule has 0 bridgehead atoms. The number of hydrogen-bond donors (Lipinski definition) is 1. The number of nitrogens with two attached hydrogens (primary N) is 1. The van der Waals surface area contributed by atoms with E-state index in [9.17, 15) is 8.42 Å². The molecule has 0 aliphatic carbocycles. The summed E-state index contributed by atoms with van der Waals surface area (Å²) in [6.45, 7) is 0. The van der Waals surface area contributed by atoms with Gasteiger partial charge >= 0.3 is 0 Å². The summed E-state index contributed by atoms with van der Waals surface area (Å²) in [7, 11) is -3.31. The Labute approximate surface area is 97.6 Å². The van der Waals surface area contributed by atoms with Crippen molar-refractivity contribution in [3.8, 4) is 0 Å². The third-order valence-corrected chi connectivity index (χ3v) is 5.37. The third-order valence-electron chi connectivity index (χ3n) is 2.11. The molecule has 2 aromatic heterocycles. The van der Waals surface area contributed by atoms with Crippen molar-refractivity contribution in [2.24, 2.45) is 5.73 Å². The molecule has 0 saturated carbocycles. The molecule has 0 amide bonds. The van der Waals surface area contributed by atoms with Crippen LogP contribution in [0.3, 0.4) is 0 Å². The van der Waals surface area contributed by atoms with Crippen LogP contribution in [0.1, 0.15) is 11.8 Å². The van der Waals surface area contributed by atoms with Crippen molar-refractivity contribution in [2.75, 3.05) is 5.75 Å². The van der Waals surface area contributed by atoms with Gasteiger partial charge in [-0.05, 0) is 23.6 Å². The monoisotopic (exact) mass is 257 g/mol. The summed E-state index contributed by atoms with van der Waals surface area (Å²) in [5.41, 5.74) is 5.76. The molecule has 4 nitrogen and oxygen atoms in total. The maximum absolute atomic E-state index is 11.9. The van der Waals surface area contributed by atoms with Crippen LogP contribution < -0.4 is 5.73 Å². The van der Waals surface area contributed by atoms with Gasteiger partial charge in [-0.25, -0.2) is 8.42 Å². The molecular weight excluding hydrogens is 246 g/mol. The van der Waals surface area contributed by atoms with Crippen molar-refractivity contribution in [3.63, 3.8) is 0 Å². The lowest BCUT2D eigenvalue weighted by Crippen LogP contribution is -2.20. The molecule has 0 saturated heterocycles. The molecule has 6 heteroatoms. The summed E-state index contributed by atoms with van der Waals surface area (Å²) in [5, 5.41) is 1.73. The number of rotatable bonds is 4. The minimum atomic E-state index is -3.31. The van der Waals surface area contributed by atoms with Gasteiger partial charge in [0.1, 0.15) is 9.97 Å². The Kier molecular flexibility index (Phi) is 3.13. The van der Waals surface area contributed by atoms with Gasteiger partial charge in [0.05, 0.1) is 18.1 Å². The molecule has 0 fully saturated rings. The van der Waals surface area contributed by atoms with Gasteiger partial charge in [0, 0.05) is 0 Å². The zero-order chi connectivity index (χ0) is 11.6. The van der Waals surface area contributed by atoms with Gasteiger partial charge in [0.15, 0.2) is 9.84 Å². The Morgan fingerprint density at radius 3 is 2.75 bits per heavy atom. The van der Waals surface area contributed by atoms with Crippen LogP contribution in [0, 0.1) is 0 Å². The molecule has 0 radical (unpaired) electrons. The van der Waals surface area contributed by atoms with E-state index in [1.807, 2.05) is 0 Å². The van der Waals surface area contributed by atoms with Crippen LogP contribution in [0.15, 0.2) is 44.5 Å². The SMILES string of the molecule is NC(CS(=O)(=O)c1cccs1)c1ccco1. The second kappa shape index (κ2) is 4.40. The molecule has 0 aliphatic heterocycles. The molecule has 2 heterocycles. The summed E-state index contributed by atoms with van der Waals surface area (Å²) in [5.74, 6) is 0.348. The fraction of sp³-hybridized carbons (Fsp3) is 0.200. The normalized spacial score (nSPS) is 13.8. The first-order valence-corrected chi connectivity index (χ1v) is 7.18. The molecule has 16 heavy (non-hydrogen) atoms. The second-order valence-corrected chi connectivity index (χ2v) is 6.54. The van der Waals surface area contributed by atoms with Crippen molar-refractivity contribution >= 4 is 21.2 Å². The van der Waals surface area contributed by atoms with E-state index in [4.69, 9.17) is 10.2 Å². The molecule has 1 atom stereocenters. The Balaban J connectivity index is 2.16. The summed E-state index contributed by atoms with van der Waals surface area (Å²) in [6, 6.07) is 6.02. The lowest BCUT2D eigenvalue weighted by Gasteiger charge is -2.08. The highest BCUT2D eigenvalue weighted by Crippen LogP contribution is 2.21. The fourth-order valence-electron chi connectivity index (χ4n) is 1.34. The van der Waals surface area contributed by atoms with E-state index in [1.54, 1.807) is 29.6 Å². The summed E-state index contributed by atoms with van der Waals surface area (Å²) in [4.78, 5) is 0. The molecule has 86 valence electrons. The van der Waals surface area contributed by atoms with Gasteiger partial charge in [0.25, 0.3) is 0 Å². The zero-order valence-electron chi connectivity index (χ0n) is 8.37. The summed E-state index contributed by atoms with van der Waals surface area (Å²) in [6.07, 6.45) is 1.48. The Morgan fingerprint density at radius 2 is 2.19 bits per heavy atom. The minimum Gasteiger partial charge on any atom is -0.468 e. The van der Waals surface area contributed by atoms with Gasteiger partial charge in [-0.1, -0.05) is 6.07 Å². The van der Waals surface area contributed by atoms with Crippen molar-refractivity contribution in [3.05, 3.63) is 41.7 Å². The van der Waals surface area contributed by atoms with Gasteiger partial charge in [-0.15, -0.1) is 11.3 Å². The first-order chi connectivity index (χ1) is 7.59. The molecule has 0 aromatic carbocycles. The van der Waals surface area contributed by atoms with Gasteiger partial charge in [-0.3, -0.25) is 0 Å². The lowest BCUT2D eigenvalue weighted by atomic mass is 10.3. The predicted octanol–water partition coefficient (Wildman–Crippen LogP) is 1.81. The second-order valence-electron chi connectivity index (χ2n) is 3.34. The van der Waals surface area contributed by atoms with Crippen LogP contribution in [0.2, 0.25) is 0 Å². The van der Waals surface area contributed by atoms with Crippen molar-refractivity contribution in [1.82, 2.24) is 0 Å². The average Bonchev–Trinajstić information content (AvgIpc) is 2.91. The number of hydrogen-bond acceptors (Lipinski definition) is 5.